The number of methoxy groups -OCH3 is 1. The van der Waals surface area contributed by atoms with Crippen LogP contribution in [0.5, 0.6) is 0 Å². The summed E-state index contributed by atoms with van der Waals surface area (Å²) in [6, 6.07) is 9.63. The zero-order valence-corrected chi connectivity index (χ0v) is 17.5. The van der Waals surface area contributed by atoms with Crippen LogP contribution < -0.4 is 5.32 Å². The number of hydrogen-bond donors (Lipinski definition) is 1. The van der Waals surface area contributed by atoms with Crippen molar-refractivity contribution in [1.82, 2.24) is 4.57 Å². The van der Waals surface area contributed by atoms with Crippen molar-refractivity contribution in [2.45, 2.75) is 33.2 Å². The van der Waals surface area contributed by atoms with Crippen LogP contribution in [0.15, 0.2) is 30.3 Å². The lowest BCUT2D eigenvalue weighted by Gasteiger charge is -2.17. The van der Waals surface area contributed by atoms with E-state index < -0.39 is 11.9 Å². The molecule has 0 aliphatic carbocycles. The lowest BCUT2D eigenvalue weighted by Crippen LogP contribution is -2.17. The van der Waals surface area contributed by atoms with E-state index in [9.17, 15) is 14.4 Å². The predicted octanol–water partition coefficient (Wildman–Crippen LogP) is 3.20. The maximum absolute atomic E-state index is 12.6. The van der Waals surface area contributed by atoms with Crippen LogP contribution in [-0.4, -0.2) is 42.6 Å². The fraction of sp³-hybridized carbons (Fsp3) is 0.364. The van der Waals surface area contributed by atoms with Crippen LogP contribution in [0.4, 0.5) is 5.69 Å². The van der Waals surface area contributed by atoms with Crippen LogP contribution in [0.3, 0.4) is 0 Å². The van der Waals surface area contributed by atoms with E-state index in [4.69, 9.17) is 14.7 Å². The summed E-state index contributed by atoms with van der Waals surface area (Å²) in [5.41, 5.74) is 2.95. The maximum atomic E-state index is 12.6. The summed E-state index contributed by atoms with van der Waals surface area (Å²) in [4.78, 5) is 36.2. The average Bonchev–Trinajstić information content (AvgIpc) is 3.01. The van der Waals surface area contributed by atoms with Gasteiger partial charge in [0, 0.05) is 29.7 Å². The number of hydrogen-bond acceptors (Lipinski definition) is 6. The fourth-order valence-corrected chi connectivity index (χ4v) is 3.31. The number of ketones is 1. The Hall–Kier alpha value is -3.44. The van der Waals surface area contributed by atoms with E-state index >= 15 is 0 Å². The molecule has 0 spiro atoms. The SMILES string of the molecule is COC[C@H](C)n1c(C)cc(C(=O)COC(=O)c2ccc(NC(=O)CC#N)cc2)c1C. The van der Waals surface area contributed by atoms with Gasteiger partial charge in [0.2, 0.25) is 11.7 Å². The number of nitriles is 1. The molecule has 0 aliphatic rings. The molecule has 0 unspecified atom stereocenters. The molecule has 2 aromatic rings. The van der Waals surface area contributed by atoms with E-state index in [1.807, 2.05) is 25.3 Å². The van der Waals surface area contributed by atoms with E-state index in [-0.39, 0.29) is 30.4 Å². The first-order chi connectivity index (χ1) is 14.3. The van der Waals surface area contributed by atoms with Crippen LogP contribution in [0, 0.1) is 25.2 Å². The molecular formula is C22H25N3O5. The molecule has 0 aliphatic heterocycles. The molecule has 158 valence electrons. The summed E-state index contributed by atoms with van der Waals surface area (Å²) in [6.07, 6.45) is -0.253. The van der Waals surface area contributed by atoms with Gasteiger partial charge in [0.15, 0.2) is 6.61 Å². The summed E-state index contributed by atoms with van der Waals surface area (Å²) in [7, 11) is 1.63. The zero-order valence-electron chi connectivity index (χ0n) is 17.5. The van der Waals surface area contributed by atoms with E-state index in [0.717, 1.165) is 11.4 Å². The Morgan fingerprint density at radius 2 is 1.87 bits per heavy atom. The van der Waals surface area contributed by atoms with Gasteiger partial charge in [-0.1, -0.05) is 0 Å². The molecule has 1 amide bonds. The molecule has 0 saturated heterocycles. The number of aromatic nitrogens is 1. The average molecular weight is 411 g/mol. The molecule has 1 aromatic heterocycles. The quantitative estimate of drug-likeness (QED) is 0.501. The Balaban J connectivity index is 2.00. The van der Waals surface area contributed by atoms with Crippen molar-refractivity contribution in [1.29, 1.82) is 5.26 Å². The Morgan fingerprint density at radius 1 is 1.20 bits per heavy atom. The van der Waals surface area contributed by atoms with Crippen LogP contribution in [0.25, 0.3) is 0 Å². The van der Waals surface area contributed by atoms with Gasteiger partial charge in [0.1, 0.15) is 6.42 Å². The Labute approximate surface area is 175 Å². The third kappa shape index (κ3) is 5.55. The van der Waals surface area contributed by atoms with Gasteiger partial charge in [0.25, 0.3) is 0 Å². The number of rotatable bonds is 9. The van der Waals surface area contributed by atoms with Gasteiger partial charge in [-0.05, 0) is 51.1 Å². The number of esters is 1. The number of carbonyl (C=O) groups excluding carboxylic acids is 3. The van der Waals surface area contributed by atoms with E-state index in [2.05, 4.69) is 5.32 Å². The highest BCUT2D eigenvalue weighted by atomic mass is 16.5. The number of carbonyl (C=O) groups is 3. The molecule has 0 saturated carbocycles. The van der Waals surface area contributed by atoms with Gasteiger partial charge >= 0.3 is 5.97 Å². The molecule has 1 aromatic carbocycles. The smallest absolute Gasteiger partial charge is 0.338 e. The number of Topliss-reactive ketones (excluding diaryl/α,β-unsaturated/α-hetero) is 1. The van der Waals surface area contributed by atoms with Crippen LogP contribution in [0.1, 0.15) is 51.5 Å². The van der Waals surface area contributed by atoms with Crippen molar-refractivity contribution in [3.63, 3.8) is 0 Å². The van der Waals surface area contributed by atoms with Crippen LogP contribution in [0.2, 0.25) is 0 Å². The molecule has 8 heteroatoms. The van der Waals surface area contributed by atoms with Crippen molar-refractivity contribution >= 4 is 23.3 Å². The summed E-state index contributed by atoms with van der Waals surface area (Å²) < 4.78 is 12.4. The van der Waals surface area contributed by atoms with Gasteiger partial charge in [-0.25, -0.2) is 4.79 Å². The molecule has 0 radical (unpaired) electrons. The topological polar surface area (TPSA) is 110 Å². The molecule has 1 heterocycles. The minimum atomic E-state index is -0.639. The highest BCUT2D eigenvalue weighted by Crippen LogP contribution is 2.21. The molecule has 1 atom stereocenters. The van der Waals surface area contributed by atoms with Gasteiger partial charge in [0.05, 0.1) is 24.3 Å². The van der Waals surface area contributed by atoms with Gasteiger partial charge in [-0.15, -0.1) is 0 Å². The van der Waals surface area contributed by atoms with Crippen LogP contribution in [-0.2, 0) is 14.3 Å². The lowest BCUT2D eigenvalue weighted by atomic mass is 10.1. The first kappa shape index (κ1) is 22.8. The molecule has 0 fully saturated rings. The van der Waals surface area contributed by atoms with Crippen molar-refractivity contribution in [2.75, 3.05) is 25.6 Å². The van der Waals surface area contributed by atoms with Crippen molar-refractivity contribution in [3.05, 3.63) is 52.8 Å². The first-order valence-electron chi connectivity index (χ1n) is 9.43. The Bertz CT molecular complexity index is 970. The van der Waals surface area contributed by atoms with E-state index in [0.29, 0.717) is 17.9 Å². The number of nitrogens with one attached hydrogen (secondary N) is 1. The minimum absolute atomic E-state index is 0.0752. The number of ether oxygens (including phenoxy) is 2. The van der Waals surface area contributed by atoms with Crippen molar-refractivity contribution in [3.8, 4) is 6.07 Å². The Morgan fingerprint density at radius 3 is 2.47 bits per heavy atom. The zero-order chi connectivity index (χ0) is 22.3. The number of benzene rings is 1. The number of aryl methyl sites for hydroxylation is 1. The molecule has 1 N–H and O–H groups in total. The Kier molecular flexibility index (Phi) is 7.90. The van der Waals surface area contributed by atoms with E-state index in [1.54, 1.807) is 19.2 Å². The summed E-state index contributed by atoms with van der Waals surface area (Å²) in [6.45, 7) is 5.92. The molecule has 0 bridgehead atoms. The second-order valence-corrected chi connectivity index (χ2v) is 6.92. The normalized spacial score (nSPS) is 11.4. The number of amides is 1. The highest BCUT2D eigenvalue weighted by molar-refractivity contribution is 6.00. The van der Waals surface area contributed by atoms with Crippen molar-refractivity contribution in [2.24, 2.45) is 0 Å². The van der Waals surface area contributed by atoms with Gasteiger partial charge in [-0.3, -0.25) is 9.59 Å². The standard InChI is InChI=1S/C22H25N3O5/c1-14-11-19(16(3)25(14)15(2)12-29-4)20(26)13-30-22(28)17-5-7-18(8-6-17)24-21(27)9-10-23/h5-8,11,15H,9,12-13H2,1-4H3,(H,24,27)/t15-/m0/s1. The molecule has 8 nitrogen and oxygen atoms in total. The third-order valence-corrected chi connectivity index (χ3v) is 4.61. The fourth-order valence-electron chi connectivity index (χ4n) is 3.31. The summed E-state index contributed by atoms with van der Waals surface area (Å²) >= 11 is 0. The van der Waals surface area contributed by atoms with Crippen molar-refractivity contribution < 1.29 is 23.9 Å². The van der Waals surface area contributed by atoms with Gasteiger partial charge in [-0.2, -0.15) is 5.26 Å². The number of nitrogens with zero attached hydrogens (tertiary/aromatic N) is 2. The summed E-state index contributed by atoms with van der Waals surface area (Å²) in [5, 5.41) is 11.0. The highest BCUT2D eigenvalue weighted by Gasteiger charge is 2.20. The predicted molar refractivity (Wildman–Crippen MR) is 110 cm³/mol. The van der Waals surface area contributed by atoms with E-state index in [1.165, 1.54) is 24.3 Å². The van der Waals surface area contributed by atoms with Crippen LogP contribution >= 0.6 is 0 Å². The second kappa shape index (κ2) is 10.4. The molecule has 2 rings (SSSR count). The molecule has 30 heavy (non-hydrogen) atoms. The molecular weight excluding hydrogens is 386 g/mol. The lowest BCUT2D eigenvalue weighted by molar-refractivity contribution is -0.115. The first-order valence-corrected chi connectivity index (χ1v) is 9.43. The van der Waals surface area contributed by atoms with Gasteiger partial charge < -0.3 is 19.4 Å². The number of anilines is 1. The maximum Gasteiger partial charge on any atom is 0.338 e. The minimum Gasteiger partial charge on any atom is -0.454 e. The second-order valence-electron chi connectivity index (χ2n) is 6.92. The third-order valence-electron chi connectivity index (χ3n) is 4.61. The monoisotopic (exact) mass is 411 g/mol. The largest absolute Gasteiger partial charge is 0.454 e. The summed E-state index contributed by atoms with van der Waals surface area (Å²) in [5.74, 6) is -1.36.